The van der Waals surface area contributed by atoms with E-state index in [9.17, 15) is 5.11 Å². The van der Waals surface area contributed by atoms with Crippen molar-refractivity contribution in [1.29, 1.82) is 0 Å². The Morgan fingerprint density at radius 1 is 1.38 bits per heavy atom. The lowest BCUT2D eigenvalue weighted by Gasteiger charge is -2.31. The second-order valence-electron chi connectivity index (χ2n) is 5.91. The zero-order valence-corrected chi connectivity index (χ0v) is 13.4. The minimum atomic E-state index is 0.266. The van der Waals surface area contributed by atoms with Crippen LogP contribution in [0, 0.1) is 19.8 Å². The Morgan fingerprint density at radius 2 is 2.19 bits per heavy atom. The number of nitrogen functional groups attached to an aromatic ring is 1. The van der Waals surface area contributed by atoms with Crippen molar-refractivity contribution in [2.24, 2.45) is 5.92 Å². The summed E-state index contributed by atoms with van der Waals surface area (Å²) in [5.41, 5.74) is 7.32. The first kappa shape index (κ1) is 14.7. The molecule has 1 aliphatic rings. The summed E-state index contributed by atoms with van der Waals surface area (Å²) in [6.07, 6.45) is 2.23. The number of aliphatic hydroxyl groups is 1. The fourth-order valence-electron chi connectivity index (χ4n) is 3.04. The van der Waals surface area contributed by atoms with Gasteiger partial charge in [0.05, 0.1) is 11.9 Å². The largest absolute Gasteiger partial charge is 0.396 e. The highest BCUT2D eigenvalue weighted by atomic mass is 32.1. The minimum Gasteiger partial charge on any atom is -0.396 e. The molecule has 3 rings (SSSR count). The van der Waals surface area contributed by atoms with Gasteiger partial charge in [-0.1, -0.05) is 0 Å². The van der Waals surface area contributed by atoms with E-state index in [1.165, 1.54) is 10.4 Å². The Labute approximate surface area is 128 Å². The predicted molar refractivity (Wildman–Crippen MR) is 86.4 cm³/mol. The van der Waals surface area contributed by atoms with Crippen LogP contribution in [-0.4, -0.2) is 39.7 Å². The lowest BCUT2D eigenvalue weighted by Crippen LogP contribution is -2.36. The number of nitrogens with zero attached hydrogens (tertiary/aromatic N) is 3. The SMILES string of the molecule is Cc1sc2nc(CN3CCCC(CO)C3)nc(N)c2c1C. The lowest BCUT2D eigenvalue weighted by atomic mass is 9.99. The third-order valence-corrected chi connectivity index (χ3v) is 5.43. The van der Waals surface area contributed by atoms with Gasteiger partial charge in [-0.05, 0) is 44.7 Å². The summed E-state index contributed by atoms with van der Waals surface area (Å²) in [5.74, 6) is 1.76. The number of aliphatic hydroxyl groups excluding tert-OH is 1. The van der Waals surface area contributed by atoms with Crippen LogP contribution in [-0.2, 0) is 6.54 Å². The van der Waals surface area contributed by atoms with Gasteiger partial charge in [0, 0.05) is 18.0 Å². The number of aryl methyl sites for hydroxylation is 2. The number of piperidine rings is 1. The second kappa shape index (κ2) is 5.87. The van der Waals surface area contributed by atoms with Gasteiger partial charge in [0.1, 0.15) is 16.5 Å². The fourth-order valence-corrected chi connectivity index (χ4v) is 4.10. The zero-order chi connectivity index (χ0) is 15.0. The van der Waals surface area contributed by atoms with Crippen molar-refractivity contribution < 1.29 is 5.11 Å². The zero-order valence-electron chi connectivity index (χ0n) is 12.6. The maximum atomic E-state index is 9.32. The van der Waals surface area contributed by atoms with Gasteiger partial charge in [0.2, 0.25) is 0 Å². The first-order chi connectivity index (χ1) is 10.1. The van der Waals surface area contributed by atoms with Gasteiger partial charge < -0.3 is 10.8 Å². The van der Waals surface area contributed by atoms with Gasteiger partial charge in [0.25, 0.3) is 0 Å². The van der Waals surface area contributed by atoms with E-state index in [1.54, 1.807) is 11.3 Å². The summed E-state index contributed by atoms with van der Waals surface area (Å²) in [6, 6.07) is 0. The summed E-state index contributed by atoms with van der Waals surface area (Å²) >= 11 is 1.68. The van der Waals surface area contributed by atoms with Gasteiger partial charge >= 0.3 is 0 Å². The molecule has 1 aliphatic heterocycles. The maximum absolute atomic E-state index is 9.32. The molecule has 2 aromatic rings. The number of thiophene rings is 1. The number of hydrogen-bond donors (Lipinski definition) is 2. The number of nitrogens with two attached hydrogens (primary N) is 1. The van der Waals surface area contributed by atoms with E-state index in [2.05, 4.69) is 28.7 Å². The molecule has 0 spiro atoms. The van der Waals surface area contributed by atoms with Crippen LogP contribution in [0.15, 0.2) is 0 Å². The summed E-state index contributed by atoms with van der Waals surface area (Å²) in [4.78, 5) is 13.7. The van der Waals surface area contributed by atoms with Crippen molar-refractivity contribution in [2.45, 2.75) is 33.2 Å². The van der Waals surface area contributed by atoms with Crippen LogP contribution in [0.5, 0.6) is 0 Å². The van der Waals surface area contributed by atoms with Crippen molar-refractivity contribution in [3.05, 3.63) is 16.3 Å². The Hall–Kier alpha value is -1.24. The smallest absolute Gasteiger partial charge is 0.146 e. The molecule has 0 aromatic carbocycles. The van der Waals surface area contributed by atoms with Gasteiger partial charge in [-0.2, -0.15) is 0 Å². The van der Waals surface area contributed by atoms with Crippen LogP contribution in [0.2, 0.25) is 0 Å². The molecule has 3 heterocycles. The number of likely N-dealkylation sites (tertiary alicyclic amines) is 1. The average molecular weight is 306 g/mol. The highest BCUT2D eigenvalue weighted by molar-refractivity contribution is 7.18. The number of anilines is 1. The Balaban J connectivity index is 1.84. The lowest BCUT2D eigenvalue weighted by molar-refractivity contribution is 0.114. The monoisotopic (exact) mass is 306 g/mol. The molecule has 1 fully saturated rings. The molecule has 1 unspecified atom stereocenters. The Bertz CT molecular complexity index is 655. The van der Waals surface area contributed by atoms with E-state index in [0.717, 1.165) is 42.0 Å². The molecule has 3 N–H and O–H groups in total. The van der Waals surface area contributed by atoms with Crippen LogP contribution in [0.1, 0.15) is 29.1 Å². The molecule has 1 saturated heterocycles. The second-order valence-corrected chi connectivity index (χ2v) is 7.12. The molecule has 0 saturated carbocycles. The quantitative estimate of drug-likeness (QED) is 0.908. The molecule has 114 valence electrons. The fraction of sp³-hybridized carbons (Fsp3) is 0.600. The first-order valence-electron chi connectivity index (χ1n) is 7.43. The molecule has 6 heteroatoms. The predicted octanol–water partition coefficient (Wildman–Crippen LogP) is 2.09. The van der Waals surface area contributed by atoms with E-state index >= 15 is 0 Å². The molecule has 0 radical (unpaired) electrons. The van der Waals surface area contributed by atoms with Crippen LogP contribution in [0.25, 0.3) is 10.2 Å². The molecular weight excluding hydrogens is 284 g/mol. The van der Waals surface area contributed by atoms with E-state index in [4.69, 9.17) is 5.73 Å². The van der Waals surface area contributed by atoms with Crippen molar-refractivity contribution in [3.8, 4) is 0 Å². The minimum absolute atomic E-state index is 0.266. The van der Waals surface area contributed by atoms with Gasteiger partial charge in [0.15, 0.2) is 0 Å². The third-order valence-electron chi connectivity index (χ3n) is 4.33. The number of aromatic nitrogens is 2. The summed E-state index contributed by atoms with van der Waals surface area (Å²) in [7, 11) is 0. The molecule has 5 nitrogen and oxygen atoms in total. The third kappa shape index (κ3) is 2.88. The number of rotatable bonds is 3. The molecule has 21 heavy (non-hydrogen) atoms. The Kier molecular flexibility index (Phi) is 4.10. The maximum Gasteiger partial charge on any atom is 0.146 e. The first-order valence-corrected chi connectivity index (χ1v) is 8.25. The van der Waals surface area contributed by atoms with Crippen LogP contribution in [0.3, 0.4) is 0 Å². The highest BCUT2D eigenvalue weighted by Crippen LogP contribution is 2.32. The van der Waals surface area contributed by atoms with E-state index < -0.39 is 0 Å². The average Bonchev–Trinajstić information content (AvgIpc) is 2.74. The summed E-state index contributed by atoms with van der Waals surface area (Å²) in [5, 5.41) is 10.3. The normalized spacial score (nSPS) is 20.2. The standard InChI is InChI=1S/C15H22N4OS/c1-9-10(2)21-15-13(9)14(16)17-12(18-15)7-19-5-3-4-11(6-19)8-20/h11,20H,3-8H2,1-2H3,(H2,16,17,18). The molecule has 0 bridgehead atoms. The van der Waals surface area contributed by atoms with E-state index in [0.29, 0.717) is 18.3 Å². The summed E-state index contributed by atoms with van der Waals surface area (Å²) in [6.45, 7) is 7.11. The van der Waals surface area contributed by atoms with Crippen LogP contribution >= 0.6 is 11.3 Å². The van der Waals surface area contributed by atoms with E-state index in [1.807, 2.05) is 0 Å². The van der Waals surface area contributed by atoms with Gasteiger partial charge in [-0.25, -0.2) is 9.97 Å². The molecular formula is C15H22N4OS. The molecule has 0 aliphatic carbocycles. The topological polar surface area (TPSA) is 75.3 Å². The summed E-state index contributed by atoms with van der Waals surface area (Å²) < 4.78 is 0. The highest BCUT2D eigenvalue weighted by Gasteiger charge is 2.21. The van der Waals surface area contributed by atoms with Crippen molar-refractivity contribution >= 4 is 27.4 Å². The number of fused-ring (bicyclic) bond motifs is 1. The van der Waals surface area contributed by atoms with Crippen LogP contribution in [0.4, 0.5) is 5.82 Å². The molecule has 2 aromatic heterocycles. The van der Waals surface area contributed by atoms with Crippen LogP contribution < -0.4 is 5.73 Å². The van der Waals surface area contributed by atoms with Crippen molar-refractivity contribution in [1.82, 2.24) is 14.9 Å². The van der Waals surface area contributed by atoms with Gasteiger partial charge in [-0.3, -0.25) is 4.90 Å². The molecule has 0 amide bonds. The molecule has 1 atom stereocenters. The Morgan fingerprint density at radius 3 is 2.95 bits per heavy atom. The van der Waals surface area contributed by atoms with Crippen molar-refractivity contribution in [3.63, 3.8) is 0 Å². The van der Waals surface area contributed by atoms with Crippen molar-refractivity contribution in [2.75, 3.05) is 25.4 Å². The van der Waals surface area contributed by atoms with Gasteiger partial charge in [-0.15, -0.1) is 11.3 Å². The number of hydrogen-bond acceptors (Lipinski definition) is 6. The van der Waals surface area contributed by atoms with E-state index in [-0.39, 0.29) is 6.61 Å².